The molecule has 1 rings (SSSR count). The van der Waals surface area contributed by atoms with Crippen molar-refractivity contribution in [3.05, 3.63) is 17.0 Å². The standard InChI is InChI=1S/C13H24N2O2S2/c1-12(2,3)9-13(4,5)15-19(16,17)11-6-10(7-14)8-18-11/h6,8,15H,7,9,14H2,1-5H3. The average molecular weight is 304 g/mol. The Labute approximate surface area is 120 Å². The third kappa shape index (κ3) is 5.22. The molecule has 1 aromatic heterocycles. The van der Waals surface area contributed by atoms with Crippen LogP contribution in [0.5, 0.6) is 0 Å². The van der Waals surface area contributed by atoms with Crippen LogP contribution in [0, 0.1) is 5.41 Å². The number of hydrogen-bond acceptors (Lipinski definition) is 4. The van der Waals surface area contributed by atoms with Gasteiger partial charge in [-0.2, -0.15) is 0 Å². The fourth-order valence-corrected chi connectivity index (χ4v) is 5.01. The van der Waals surface area contributed by atoms with Crippen LogP contribution in [0.15, 0.2) is 15.7 Å². The molecule has 19 heavy (non-hydrogen) atoms. The minimum atomic E-state index is -3.47. The third-order valence-corrected chi connectivity index (χ3v) is 5.70. The Morgan fingerprint density at radius 1 is 1.26 bits per heavy atom. The third-order valence-electron chi connectivity index (χ3n) is 2.51. The lowest BCUT2D eigenvalue weighted by Gasteiger charge is -2.32. The van der Waals surface area contributed by atoms with Crippen LogP contribution in [0.2, 0.25) is 0 Å². The summed E-state index contributed by atoms with van der Waals surface area (Å²) in [6.07, 6.45) is 0.758. The Hall–Kier alpha value is -0.430. The summed E-state index contributed by atoms with van der Waals surface area (Å²) in [6.45, 7) is 10.5. The van der Waals surface area contributed by atoms with E-state index in [4.69, 9.17) is 5.73 Å². The first kappa shape index (κ1) is 16.6. The van der Waals surface area contributed by atoms with Gasteiger partial charge < -0.3 is 5.73 Å². The summed E-state index contributed by atoms with van der Waals surface area (Å²) < 4.78 is 27.8. The molecule has 0 fully saturated rings. The lowest BCUT2D eigenvalue weighted by molar-refractivity contribution is 0.269. The van der Waals surface area contributed by atoms with E-state index in [1.165, 1.54) is 11.3 Å². The van der Waals surface area contributed by atoms with Crippen LogP contribution in [0.3, 0.4) is 0 Å². The molecule has 0 bridgehead atoms. The molecular formula is C13H24N2O2S2. The van der Waals surface area contributed by atoms with Gasteiger partial charge in [0.15, 0.2) is 0 Å². The predicted molar refractivity (Wildman–Crippen MR) is 80.7 cm³/mol. The normalized spacial score (nSPS) is 13.8. The quantitative estimate of drug-likeness (QED) is 0.878. The van der Waals surface area contributed by atoms with Gasteiger partial charge in [-0.15, -0.1) is 11.3 Å². The van der Waals surface area contributed by atoms with E-state index in [9.17, 15) is 8.42 Å². The highest BCUT2D eigenvalue weighted by molar-refractivity contribution is 7.91. The van der Waals surface area contributed by atoms with Crippen molar-refractivity contribution in [2.24, 2.45) is 11.1 Å². The molecule has 110 valence electrons. The van der Waals surface area contributed by atoms with Crippen molar-refractivity contribution in [3.8, 4) is 0 Å². The largest absolute Gasteiger partial charge is 0.326 e. The fourth-order valence-electron chi connectivity index (χ4n) is 2.38. The van der Waals surface area contributed by atoms with Crippen LogP contribution < -0.4 is 10.5 Å². The Kier molecular flexibility index (Phi) is 4.83. The summed E-state index contributed by atoms with van der Waals surface area (Å²) in [4.78, 5) is 0. The number of hydrogen-bond donors (Lipinski definition) is 2. The monoisotopic (exact) mass is 304 g/mol. The zero-order valence-electron chi connectivity index (χ0n) is 12.3. The van der Waals surface area contributed by atoms with E-state index in [1.807, 2.05) is 13.8 Å². The van der Waals surface area contributed by atoms with Gasteiger partial charge in [-0.25, -0.2) is 13.1 Å². The van der Waals surface area contributed by atoms with Gasteiger partial charge in [-0.05, 0) is 42.7 Å². The van der Waals surface area contributed by atoms with Crippen molar-refractivity contribution in [3.63, 3.8) is 0 Å². The van der Waals surface area contributed by atoms with E-state index in [1.54, 1.807) is 11.4 Å². The first-order chi connectivity index (χ1) is 8.45. The second-order valence-corrected chi connectivity index (χ2v) is 9.53. The maximum atomic E-state index is 12.3. The van der Waals surface area contributed by atoms with Crippen molar-refractivity contribution in [1.29, 1.82) is 0 Å². The molecule has 6 heteroatoms. The van der Waals surface area contributed by atoms with Crippen molar-refractivity contribution in [2.75, 3.05) is 0 Å². The minimum Gasteiger partial charge on any atom is -0.326 e. The topological polar surface area (TPSA) is 72.2 Å². The van der Waals surface area contributed by atoms with E-state index >= 15 is 0 Å². The fraction of sp³-hybridized carbons (Fsp3) is 0.692. The molecule has 1 heterocycles. The highest BCUT2D eigenvalue weighted by atomic mass is 32.2. The lowest BCUT2D eigenvalue weighted by atomic mass is 9.82. The van der Waals surface area contributed by atoms with E-state index < -0.39 is 15.6 Å². The Morgan fingerprint density at radius 2 is 1.84 bits per heavy atom. The second kappa shape index (κ2) is 5.52. The molecule has 4 nitrogen and oxygen atoms in total. The summed E-state index contributed by atoms with van der Waals surface area (Å²) in [5.41, 5.74) is 5.93. The van der Waals surface area contributed by atoms with E-state index in [0.29, 0.717) is 10.8 Å². The predicted octanol–water partition coefficient (Wildman–Crippen LogP) is 2.70. The number of rotatable bonds is 5. The molecule has 0 unspecified atom stereocenters. The maximum Gasteiger partial charge on any atom is 0.250 e. The summed E-state index contributed by atoms with van der Waals surface area (Å²) in [7, 11) is -3.47. The van der Waals surface area contributed by atoms with Crippen molar-refractivity contribution < 1.29 is 8.42 Å². The van der Waals surface area contributed by atoms with Crippen molar-refractivity contribution in [2.45, 2.75) is 57.3 Å². The molecule has 1 aromatic rings. The molecule has 0 aromatic carbocycles. The van der Waals surface area contributed by atoms with Gasteiger partial charge in [0.05, 0.1) is 0 Å². The first-order valence-corrected chi connectivity index (χ1v) is 8.63. The lowest BCUT2D eigenvalue weighted by Crippen LogP contribution is -2.45. The maximum absolute atomic E-state index is 12.3. The number of thiophene rings is 1. The smallest absolute Gasteiger partial charge is 0.250 e. The van der Waals surface area contributed by atoms with Gasteiger partial charge in [0.1, 0.15) is 4.21 Å². The van der Waals surface area contributed by atoms with Gasteiger partial charge in [0.25, 0.3) is 10.0 Å². The average Bonchev–Trinajstić information content (AvgIpc) is 2.59. The molecule has 0 saturated carbocycles. The molecule has 0 spiro atoms. The van der Waals surface area contributed by atoms with E-state index in [2.05, 4.69) is 25.5 Å². The summed E-state index contributed by atoms with van der Waals surface area (Å²) in [6, 6.07) is 1.64. The zero-order valence-corrected chi connectivity index (χ0v) is 13.9. The molecule has 0 saturated heterocycles. The van der Waals surface area contributed by atoms with Crippen LogP contribution in [0.1, 0.15) is 46.6 Å². The van der Waals surface area contributed by atoms with Crippen LogP contribution in [0.4, 0.5) is 0 Å². The van der Waals surface area contributed by atoms with Crippen LogP contribution in [0.25, 0.3) is 0 Å². The molecule has 0 radical (unpaired) electrons. The molecule has 0 aliphatic heterocycles. The van der Waals surface area contributed by atoms with Gasteiger partial charge in [0, 0.05) is 12.1 Å². The highest BCUT2D eigenvalue weighted by Gasteiger charge is 2.31. The SMILES string of the molecule is CC(C)(C)CC(C)(C)NS(=O)(=O)c1cc(CN)cs1. The first-order valence-electron chi connectivity index (χ1n) is 6.27. The summed E-state index contributed by atoms with van der Waals surface area (Å²) >= 11 is 1.21. The Morgan fingerprint density at radius 3 is 2.26 bits per heavy atom. The van der Waals surface area contributed by atoms with Crippen LogP contribution >= 0.6 is 11.3 Å². The summed E-state index contributed by atoms with van der Waals surface area (Å²) in [5.74, 6) is 0. The Balaban J connectivity index is 2.90. The van der Waals surface area contributed by atoms with E-state index in [0.717, 1.165) is 12.0 Å². The van der Waals surface area contributed by atoms with E-state index in [-0.39, 0.29) is 5.41 Å². The number of nitrogens with one attached hydrogen (secondary N) is 1. The highest BCUT2D eigenvalue weighted by Crippen LogP contribution is 2.29. The number of nitrogens with two attached hydrogens (primary N) is 1. The minimum absolute atomic E-state index is 0.0594. The van der Waals surface area contributed by atoms with Crippen LogP contribution in [-0.2, 0) is 16.6 Å². The zero-order chi connectivity index (χ0) is 14.9. The van der Waals surface area contributed by atoms with Crippen molar-refractivity contribution >= 4 is 21.4 Å². The molecule has 0 atom stereocenters. The number of sulfonamides is 1. The molecular weight excluding hydrogens is 280 g/mol. The molecule has 3 N–H and O–H groups in total. The van der Waals surface area contributed by atoms with Crippen molar-refractivity contribution in [1.82, 2.24) is 4.72 Å². The summed E-state index contributed by atoms with van der Waals surface area (Å²) in [5, 5.41) is 1.78. The molecule has 0 amide bonds. The molecule has 0 aliphatic carbocycles. The van der Waals surface area contributed by atoms with Gasteiger partial charge in [0.2, 0.25) is 0 Å². The van der Waals surface area contributed by atoms with Gasteiger partial charge >= 0.3 is 0 Å². The molecule has 0 aliphatic rings. The van der Waals surface area contributed by atoms with Gasteiger partial charge in [-0.1, -0.05) is 20.8 Å². The van der Waals surface area contributed by atoms with Gasteiger partial charge in [-0.3, -0.25) is 0 Å². The Bertz CT molecular complexity index is 525. The van der Waals surface area contributed by atoms with Crippen LogP contribution in [-0.4, -0.2) is 14.0 Å². The second-order valence-electron chi connectivity index (χ2n) is 6.70.